The Morgan fingerprint density at radius 2 is 2.19 bits per heavy atom. The molecule has 2 aromatic rings. The lowest BCUT2D eigenvalue weighted by molar-refractivity contribution is 0.0697. The van der Waals surface area contributed by atoms with Crippen LogP contribution in [0.4, 0.5) is 11.5 Å². The summed E-state index contributed by atoms with van der Waals surface area (Å²) in [5.41, 5.74) is 7.08. The van der Waals surface area contributed by atoms with Crippen molar-refractivity contribution in [3.63, 3.8) is 0 Å². The van der Waals surface area contributed by atoms with Gasteiger partial charge in [-0.3, -0.25) is 0 Å². The highest BCUT2D eigenvalue weighted by molar-refractivity contribution is 5.94. The maximum Gasteiger partial charge on any atom is 0.339 e. The van der Waals surface area contributed by atoms with Crippen LogP contribution in [0.3, 0.4) is 0 Å². The summed E-state index contributed by atoms with van der Waals surface area (Å²) in [6.45, 7) is 1.58. The first-order chi connectivity index (χ1) is 10.1. The number of para-hydroxylation sites is 1. The maximum absolute atomic E-state index is 11.4. The minimum absolute atomic E-state index is 0.106. The van der Waals surface area contributed by atoms with E-state index in [1.165, 1.54) is 12.3 Å². The highest BCUT2D eigenvalue weighted by Gasteiger charge is 2.21. The number of hydrogen-bond donors (Lipinski definition) is 2. The second-order valence-corrected chi connectivity index (χ2v) is 4.82. The largest absolute Gasteiger partial charge is 0.491 e. The van der Waals surface area contributed by atoms with E-state index in [1.807, 2.05) is 29.2 Å². The van der Waals surface area contributed by atoms with Gasteiger partial charge < -0.3 is 20.5 Å². The first-order valence-electron chi connectivity index (χ1n) is 6.59. The number of carboxylic acids is 1. The number of hydrogen-bond acceptors (Lipinski definition) is 5. The number of aromatic carboxylic acids is 1. The molecule has 0 atom stereocenters. The fourth-order valence-electron chi connectivity index (χ4n) is 2.39. The molecule has 2 heterocycles. The molecule has 0 radical (unpaired) electrons. The van der Waals surface area contributed by atoms with Gasteiger partial charge in [0.25, 0.3) is 0 Å². The summed E-state index contributed by atoms with van der Waals surface area (Å²) < 4.78 is 5.68. The van der Waals surface area contributed by atoms with Crippen molar-refractivity contribution in [2.45, 2.75) is 6.54 Å². The van der Waals surface area contributed by atoms with Crippen LogP contribution < -0.4 is 15.4 Å². The Balaban J connectivity index is 2.00. The van der Waals surface area contributed by atoms with Crippen LogP contribution in [0.25, 0.3) is 0 Å². The average Bonchev–Trinajstić information content (AvgIpc) is 2.69. The van der Waals surface area contributed by atoms with Crippen LogP contribution >= 0.6 is 0 Å². The average molecular weight is 285 g/mol. The maximum atomic E-state index is 11.4. The van der Waals surface area contributed by atoms with Gasteiger partial charge in [0.2, 0.25) is 0 Å². The van der Waals surface area contributed by atoms with Crippen molar-refractivity contribution in [3.05, 3.63) is 47.7 Å². The molecule has 0 aliphatic carbocycles. The third-order valence-electron chi connectivity index (χ3n) is 3.37. The van der Waals surface area contributed by atoms with E-state index in [4.69, 9.17) is 10.5 Å². The summed E-state index contributed by atoms with van der Waals surface area (Å²) in [5, 5.41) is 9.33. The van der Waals surface area contributed by atoms with Gasteiger partial charge in [0, 0.05) is 12.1 Å². The van der Waals surface area contributed by atoms with Crippen LogP contribution in [0.2, 0.25) is 0 Å². The summed E-state index contributed by atoms with van der Waals surface area (Å²) in [7, 11) is 0. The van der Waals surface area contributed by atoms with Crippen LogP contribution in [0, 0.1) is 0 Å². The van der Waals surface area contributed by atoms with Crippen LogP contribution in [0.5, 0.6) is 5.75 Å². The Labute approximate surface area is 121 Å². The molecule has 1 aromatic carbocycles. The Bertz CT molecular complexity index is 688. The molecule has 0 unspecified atom stereocenters. The normalized spacial score (nSPS) is 14.0. The molecule has 0 saturated heterocycles. The molecule has 21 heavy (non-hydrogen) atoms. The van der Waals surface area contributed by atoms with Crippen molar-refractivity contribution in [3.8, 4) is 5.75 Å². The number of nitrogen functional groups attached to an aromatic ring is 1. The molecular formula is C15H15N3O3. The van der Waals surface area contributed by atoms with E-state index in [2.05, 4.69) is 4.98 Å². The zero-order valence-electron chi connectivity index (χ0n) is 11.3. The number of nitrogens with two attached hydrogens (primary N) is 1. The molecule has 0 saturated carbocycles. The van der Waals surface area contributed by atoms with Crippen molar-refractivity contribution in [2.75, 3.05) is 23.8 Å². The number of pyridine rings is 1. The minimum atomic E-state index is -1.04. The van der Waals surface area contributed by atoms with Crippen LogP contribution in [-0.2, 0) is 6.54 Å². The Morgan fingerprint density at radius 1 is 1.38 bits per heavy atom. The quantitative estimate of drug-likeness (QED) is 0.874. The molecule has 1 aromatic heterocycles. The summed E-state index contributed by atoms with van der Waals surface area (Å²) in [6, 6.07) is 9.15. The third kappa shape index (κ3) is 2.60. The molecule has 6 heteroatoms. The van der Waals surface area contributed by atoms with E-state index in [9.17, 15) is 9.90 Å². The topological polar surface area (TPSA) is 88.7 Å². The number of rotatable bonds is 2. The second-order valence-electron chi connectivity index (χ2n) is 4.82. The Hall–Kier alpha value is -2.76. The first-order valence-corrected chi connectivity index (χ1v) is 6.59. The van der Waals surface area contributed by atoms with Crippen LogP contribution in [-0.4, -0.2) is 29.2 Å². The van der Waals surface area contributed by atoms with Crippen molar-refractivity contribution >= 4 is 17.5 Å². The number of carbonyl (C=O) groups is 1. The predicted octanol–water partition coefficient (Wildman–Crippen LogP) is 1.76. The van der Waals surface area contributed by atoms with Crippen LogP contribution in [0.1, 0.15) is 15.9 Å². The van der Waals surface area contributed by atoms with Crippen molar-refractivity contribution in [1.29, 1.82) is 0 Å². The third-order valence-corrected chi connectivity index (χ3v) is 3.37. The number of ether oxygens (including phenoxy) is 1. The molecule has 1 aliphatic heterocycles. The fraction of sp³-hybridized carbons (Fsp3) is 0.200. The Kier molecular flexibility index (Phi) is 3.35. The van der Waals surface area contributed by atoms with Crippen LogP contribution in [0.15, 0.2) is 36.5 Å². The van der Waals surface area contributed by atoms with Gasteiger partial charge >= 0.3 is 5.97 Å². The van der Waals surface area contributed by atoms with E-state index < -0.39 is 5.97 Å². The zero-order valence-corrected chi connectivity index (χ0v) is 11.3. The molecular weight excluding hydrogens is 270 g/mol. The standard InChI is InChI=1S/C15H15N3O3/c16-11-7-12(15(19)20)14(17-8-11)18-5-6-21-13-4-2-1-3-10(13)9-18/h1-4,7-8H,5-6,9,16H2,(H,19,20). The Morgan fingerprint density at radius 3 is 3.00 bits per heavy atom. The van der Waals surface area contributed by atoms with Gasteiger partial charge in [-0.1, -0.05) is 18.2 Å². The number of benzene rings is 1. The lowest BCUT2D eigenvalue weighted by atomic mass is 10.1. The van der Waals surface area contributed by atoms with Gasteiger partial charge in [0.15, 0.2) is 0 Å². The second kappa shape index (κ2) is 5.32. The van der Waals surface area contributed by atoms with Gasteiger partial charge in [-0.15, -0.1) is 0 Å². The van der Waals surface area contributed by atoms with E-state index >= 15 is 0 Å². The lowest BCUT2D eigenvalue weighted by Crippen LogP contribution is -2.28. The summed E-state index contributed by atoms with van der Waals surface area (Å²) in [4.78, 5) is 17.5. The molecule has 1 aliphatic rings. The van der Waals surface area contributed by atoms with Crippen molar-refractivity contribution in [1.82, 2.24) is 4.98 Å². The molecule has 108 valence electrons. The lowest BCUT2D eigenvalue weighted by Gasteiger charge is -2.22. The summed E-state index contributed by atoms with van der Waals surface area (Å²) in [5.74, 6) is 0.201. The number of nitrogens with zero attached hydrogens (tertiary/aromatic N) is 2. The fourth-order valence-corrected chi connectivity index (χ4v) is 2.39. The smallest absolute Gasteiger partial charge is 0.339 e. The molecule has 0 fully saturated rings. The van der Waals surface area contributed by atoms with E-state index in [0.717, 1.165) is 11.3 Å². The molecule has 3 rings (SSSR count). The van der Waals surface area contributed by atoms with E-state index in [1.54, 1.807) is 0 Å². The van der Waals surface area contributed by atoms with Gasteiger partial charge in [-0.05, 0) is 12.1 Å². The monoisotopic (exact) mass is 285 g/mol. The number of carboxylic acid groups (broad SMARTS) is 1. The number of anilines is 2. The van der Waals surface area contributed by atoms with Gasteiger partial charge in [0.05, 0.1) is 18.4 Å². The number of fused-ring (bicyclic) bond motifs is 1. The molecule has 0 amide bonds. The highest BCUT2D eigenvalue weighted by atomic mass is 16.5. The number of aromatic nitrogens is 1. The van der Waals surface area contributed by atoms with Crippen molar-refractivity contribution < 1.29 is 14.6 Å². The van der Waals surface area contributed by atoms with Gasteiger partial charge in [-0.2, -0.15) is 0 Å². The van der Waals surface area contributed by atoms with Crippen molar-refractivity contribution in [2.24, 2.45) is 0 Å². The van der Waals surface area contributed by atoms with Gasteiger partial charge in [0.1, 0.15) is 23.7 Å². The molecule has 0 spiro atoms. The molecule has 6 nitrogen and oxygen atoms in total. The minimum Gasteiger partial charge on any atom is -0.491 e. The molecule has 0 bridgehead atoms. The summed E-state index contributed by atoms with van der Waals surface area (Å²) in [6.07, 6.45) is 1.47. The van der Waals surface area contributed by atoms with E-state index in [0.29, 0.717) is 31.2 Å². The summed E-state index contributed by atoms with van der Waals surface area (Å²) >= 11 is 0. The highest BCUT2D eigenvalue weighted by Crippen LogP contribution is 2.27. The predicted molar refractivity (Wildman–Crippen MR) is 78.6 cm³/mol. The SMILES string of the molecule is Nc1cnc(N2CCOc3ccccc3C2)c(C(=O)O)c1. The molecule has 3 N–H and O–H groups in total. The first kappa shape index (κ1) is 13.2. The van der Waals surface area contributed by atoms with Gasteiger partial charge in [-0.25, -0.2) is 9.78 Å². The van der Waals surface area contributed by atoms with E-state index in [-0.39, 0.29) is 5.56 Å². The zero-order chi connectivity index (χ0) is 14.8.